The van der Waals surface area contributed by atoms with Gasteiger partial charge in [0.2, 0.25) is 11.8 Å². The van der Waals surface area contributed by atoms with Crippen LogP contribution in [-0.4, -0.2) is 41.0 Å². The molecule has 1 unspecified atom stereocenters. The van der Waals surface area contributed by atoms with Gasteiger partial charge in [-0.1, -0.05) is 37.1 Å². The predicted octanol–water partition coefficient (Wildman–Crippen LogP) is 2.02. The maximum Gasteiger partial charge on any atom is 0.242 e. The first-order chi connectivity index (χ1) is 12.2. The van der Waals surface area contributed by atoms with E-state index < -0.39 is 0 Å². The summed E-state index contributed by atoms with van der Waals surface area (Å²) in [5.41, 5.74) is 2.02. The Hall–Kier alpha value is -1.88. The lowest BCUT2D eigenvalue weighted by molar-refractivity contribution is -0.141. The summed E-state index contributed by atoms with van der Waals surface area (Å²) >= 11 is 0. The molecule has 1 saturated heterocycles. The summed E-state index contributed by atoms with van der Waals surface area (Å²) in [7, 11) is 0. The molecule has 1 atom stereocenters. The molecule has 2 N–H and O–H groups in total. The van der Waals surface area contributed by atoms with E-state index >= 15 is 0 Å². The van der Waals surface area contributed by atoms with Crippen molar-refractivity contribution in [1.29, 1.82) is 0 Å². The summed E-state index contributed by atoms with van der Waals surface area (Å²) in [6, 6.07) is 7.46. The summed E-state index contributed by atoms with van der Waals surface area (Å²) in [6.07, 6.45) is 6.67. The predicted molar refractivity (Wildman–Crippen MR) is 95.8 cm³/mol. The van der Waals surface area contributed by atoms with E-state index in [4.69, 9.17) is 5.11 Å². The number of nitrogens with one attached hydrogen (secondary N) is 1. The van der Waals surface area contributed by atoms with Crippen LogP contribution in [0.5, 0.6) is 0 Å². The third-order valence-electron chi connectivity index (χ3n) is 5.46. The summed E-state index contributed by atoms with van der Waals surface area (Å²) in [4.78, 5) is 27.0. The van der Waals surface area contributed by atoms with Crippen LogP contribution in [0.2, 0.25) is 0 Å². The fourth-order valence-electron chi connectivity index (χ4n) is 3.97. The zero-order valence-electron chi connectivity index (χ0n) is 14.7. The molecule has 0 radical (unpaired) electrons. The summed E-state index contributed by atoms with van der Waals surface area (Å²) in [5, 5.41) is 12.1. The minimum atomic E-state index is -0.287. The Bertz CT molecular complexity index is 593. The number of amides is 2. The van der Waals surface area contributed by atoms with Gasteiger partial charge in [0.05, 0.1) is 6.61 Å². The van der Waals surface area contributed by atoms with Gasteiger partial charge in [-0.05, 0) is 43.2 Å². The van der Waals surface area contributed by atoms with Crippen molar-refractivity contribution < 1.29 is 14.7 Å². The number of benzene rings is 1. The highest BCUT2D eigenvalue weighted by atomic mass is 16.3. The molecule has 5 heteroatoms. The minimum absolute atomic E-state index is 0.0178. The summed E-state index contributed by atoms with van der Waals surface area (Å²) < 4.78 is 0. The van der Waals surface area contributed by atoms with Crippen molar-refractivity contribution in [1.82, 2.24) is 10.2 Å². The van der Waals surface area contributed by atoms with Gasteiger partial charge in [0.1, 0.15) is 6.04 Å². The average molecular weight is 344 g/mol. The van der Waals surface area contributed by atoms with Gasteiger partial charge in [-0.15, -0.1) is 0 Å². The van der Waals surface area contributed by atoms with Crippen molar-refractivity contribution in [2.45, 2.75) is 57.6 Å². The van der Waals surface area contributed by atoms with Crippen LogP contribution >= 0.6 is 0 Å². The van der Waals surface area contributed by atoms with Crippen LogP contribution in [0.4, 0.5) is 0 Å². The van der Waals surface area contributed by atoms with Crippen molar-refractivity contribution in [3.63, 3.8) is 0 Å². The van der Waals surface area contributed by atoms with Crippen molar-refractivity contribution in [3.8, 4) is 0 Å². The molecule has 1 heterocycles. The first-order valence-corrected chi connectivity index (χ1v) is 9.46. The molecular formula is C20H28N2O3. The first kappa shape index (κ1) is 17.9. The Kier molecular flexibility index (Phi) is 6.08. The molecule has 25 heavy (non-hydrogen) atoms. The SMILES string of the molecule is O=C(NCCc1ccc(CO)cc1)C1CCCN1C(=O)C1CCCC1. The van der Waals surface area contributed by atoms with Gasteiger partial charge in [-0.25, -0.2) is 0 Å². The van der Waals surface area contributed by atoms with Crippen LogP contribution in [-0.2, 0) is 22.6 Å². The van der Waals surface area contributed by atoms with Crippen LogP contribution in [0.3, 0.4) is 0 Å². The lowest BCUT2D eigenvalue weighted by atomic mass is 10.1. The fraction of sp³-hybridized carbons (Fsp3) is 0.600. The quantitative estimate of drug-likeness (QED) is 0.829. The standard InChI is InChI=1S/C20H28N2O3/c23-14-16-9-7-15(8-10-16)11-12-21-19(24)18-6-3-13-22(18)20(25)17-4-1-2-5-17/h7-10,17-18,23H,1-6,11-14H2,(H,21,24). The molecule has 1 aliphatic heterocycles. The lowest BCUT2D eigenvalue weighted by Gasteiger charge is -2.26. The van der Waals surface area contributed by atoms with Gasteiger partial charge in [-0.3, -0.25) is 9.59 Å². The zero-order chi connectivity index (χ0) is 17.6. The molecule has 1 aliphatic carbocycles. The van der Waals surface area contributed by atoms with E-state index in [2.05, 4.69) is 5.32 Å². The number of aliphatic hydroxyl groups excluding tert-OH is 1. The summed E-state index contributed by atoms with van der Waals surface area (Å²) in [5.74, 6) is 0.309. The van der Waals surface area contributed by atoms with Gasteiger partial charge in [0, 0.05) is 19.0 Å². The summed E-state index contributed by atoms with van der Waals surface area (Å²) in [6.45, 7) is 1.33. The Morgan fingerprint density at radius 3 is 2.40 bits per heavy atom. The highest BCUT2D eigenvalue weighted by Crippen LogP contribution is 2.29. The molecule has 5 nitrogen and oxygen atoms in total. The Morgan fingerprint density at radius 1 is 1.04 bits per heavy atom. The van der Waals surface area contributed by atoms with Gasteiger partial charge < -0.3 is 15.3 Å². The fourth-order valence-corrected chi connectivity index (χ4v) is 3.97. The van der Waals surface area contributed by atoms with E-state index in [0.717, 1.165) is 62.6 Å². The Labute approximate surface area is 149 Å². The number of aliphatic hydroxyl groups is 1. The van der Waals surface area contributed by atoms with E-state index in [-0.39, 0.29) is 30.4 Å². The second-order valence-electron chi connectivity index (χ2n) is 7.19. The molecule has 1 saturated carbocycles. The molecule has 0 spiro atoms. The van der Waals surface area contributed by atoms with Gasteiger partial charge in [-0.2, -0.15) is 0 Å². The number of carbonyl (C=O) groups is 2. The second-order valence-corrected chi connectivity index (χ2v) is 7.19. The minimum Gasteiger partial charge on any atom is -0.392 e. The maximum atomic E-state index is 12.6. The van der Waals surface area contributed by atoms with E-state index in [1.54, 1.807) is 0 Å². The Balaban J connectivity index is 1.48. The van der Waals surface area contributed by atoms with Crippen LogP contribution < -0.4 is 5.32 Å². The van der Waals surface area contributed by atoms with Gasteiger partial charge in [0.25, 0.3) is 0 Å². The van der Waals surface area contributed by atoms with E-state index in [1.165, 1.54) is 0 Å². The number of hydrogen-bond acceptors (Lipinski definition) is 3. The van der Waals surface area contributed by atoms with Crippen LogP contribution in [0.1, 0.15) is 49.7 Å². The Morgan fingerprint density at radius 2 is 1.72 bits per heavy atom. The van der Waals surface area contributed by atoms with Crippen molar-refractivity contribution in [2.24, 2.45) is 5.92 Å². The number of hydrogen-bond donors (Lipinski definition) is 2. The van der Waals surface area contributed by atoms with E-state index in [1.807, 2.05) is 29.2 Å². The highest BCUT2D eigenvalue weighted by molar-refractivity contribution is 5.89. The smallest absolute Gasteiger partial charge is 0.242 e. The topological polar surface area (TPSA) is 69.6 Å². The van der Waals surface area contributed by atoms with E-state index in [0.29, 0.717) is 6.54 Å². The zero-order valence-corrected chi connectivity index (χ0v) is 14.7. The number of rotatable bonds is 6. The monoisotopic (exact) mass is 344 g/mol. The van der Waals surface area contributed by atoms with Crippen molar-refractivity contribution in [3.05, 3.63) is 35.4 Å². The van der Waals surface area contributed by atoms with Crippen LogP contribution in [0.25, 0.3) is 0 Å². The molecule has 0 aromatic heterocycles. The molecule has 136 valence electrons. The normalized spacial score (nSPS) is 20.8. The highest BCUT2D eigenvalue weighted by Gasteiger charge is 2.37. The maximum absolute atomic E-state index is 12.6. The van der Waals surface area contributed by atoms with Gasteiger partial charge >= 0.3 is 0 Å². The third kappa shape index (κ3) is 4.40. The van der Waals surface area contributed by atoms with Crippen LogP contribution in [0, 0.1) is 5.92 Å². The first-order valence-electron chi connectivity index (χ1n) is 9.46. The second kappa shape index (κ2) is 8.48. The van der Waals surface area contributed by atoms with Crippen LogP contribution in [0.15, 0.2) is 24.3 Å². The molecule has 0 bridgehead atoms. The number of nitrogens with zero attached hydrogens (tertiary/aromatic N) is 1. The molecule has 2 aliphatic rings. The molecule has 2 fully saturated rings. The third-order valence-corrected chi connectivity index (χ3v) is 5.46. The largest absolute Gasteiger partial charge is 0.392 e. The molecule has 2 amide bonds. The van der Waals surface area contributed by atoms with E-state index in [9.17, 15) is 9.59 Å². The molecular weight excluding hydrogens is 316 g/mol. The van der Waals surface area contributed by atoms with Crippen molar-refractivity contribution in [2.75, 3.05) is 13.1 Å². The molecule has 1 aromatic carbocycles. The van der Waals surface area contributed by atoms with Crippen molar-refractivity contribution >= 4 is 11.8 Å². The average Bonchev–Trinajstić information content (AvgIpc) is 3.33. The number of carbonyl (C=O) groups excluding carboxylic acids is 2. The number of likely N-dealkylation sites (tertiary alicyclic amines) is 1. The molecule has 1 aromatic rings. The lowest BCUT2D eigenvalue weighted by Crippen LogP contribution is -2.47. The molecule has 3 rings (SSSR count). The van der Waals surface area contributed by atoms with Gasteiger partial charge in [0.15, 0.2) is 0 Å².